The minimum absolute atomic E-state index is 0.407. The van der Waals surface area contributed by atoms with Crippen molar-refractivity contribution in [2.45, 2.75) is 12.4 Å². The van der Waals surface area contributed by atoms with Gasteiger partial charge in [-0.15, -0.1) is 16.7 Å². The Kier molecular flexibility index (Phi) is 2.51. The Morgan fingerprint density at radius 1 is 1.46 bits per heavy atom. The Morgan fingerprint density at radius 2 is 2.38 bits per heavy atom. The fourth-order valence-corrected chi connectivity index (χ4v) is 1.56. The summed E-state index contributed by atoms with van der Waals surface area (Å²) in [5.41, 5.74) is 1.76. The van der Waals surface area contributed by atoms with Crippen LogP contribution >= 0.6 is 23.3 Å². The van der Waals surface area contributed by atoms with Crippen LogP contribution in [-0.4, -0.2) is 23.7 Å². The molecule has 0 bridgehead atoms. The zero-order valence-corrected chi connectivity index (χ0v) is 8.16. The zero-order chi connectivity index (χ0) is 9.10. The molecule has 0 spiro atoms. The molecule has 0 aliphatic carbocycles. The van der Waals surface area contributed by atoms with E-state index in [-0.39, 0.29) is 0 Å². The van der Waals surface area contributed by atoms with Gasteiger partial charge in [-0.25, -0.2) is 4.68 Å². The largest absolute Gasteiger partial charge is 0.242 e. The molecular formula is C6H6ClN5S. The zero-order valence-electron chi connectivity index (χ0n) is 6.59. The quantitative estimate of drug-likeness (QED) is 0.715. The lowest BCUT2D eigenvalue weighted by molar-refractivity contribution is 0.623. The highest BCUT2D eigenvalue weighted by Crippen LogP contribution is 2.04. The summed E-state index contributed by atoms with van der Waals surface area (Å²) in [5.74, 6) is 0.407. The van der Waals surface area contributed by atoms with Crippen molar-refractivity contribution >= 4 is 23.3 Å². The Hall–Kier alpha value is -1.01. The average molecular weight is 216 g/mol. The van der Waals surface area contributed by atoms with Crippen molar-refractivity contribution in [3.63, 3.8) is 0 Å². The van der Waals surface area contributed by atoms with E-state index < -0.39 is 0 Å². The number of aromatic nitrogens is 5. The number of alkyl halides is 1. The Labute approximate surface area is 83.7 Å². The van der Waals surface area contributed by atoms with E-state index >= 15 is 0 Å². The molecule has 0 aromatic carbocycles. The van der Waals surface area contributed by atoms with Crippen LogP contribution in [0.1, 0.15) is 11.4 Å². The van der Waals surface area contributed by atoms with E-state index in [0.717, 1.165) is 11.4 Å². The predicted molar refractivity (Wildman–Crippen MR) is 48.6 cm³/mol. The minimum atomic E-state index is 0.407. The summed E-state index contributed by atoms with van der Waals surface area (Å²) in [4.78, 5) is 0. The summed E-state index contributed by atoms with van der Waals surface area (Å²) < 4.78 is 9.67. The first-order chi connectivity index (χ1) is 6.40. The molecule has 0 fully saturated rings. The van der Waals surface area contributed by atoms with Crippen LogP contribution in [0.4, 0.5) is 0 Å². The molecule has 0 amide bonds. The molecule has 13 heavy (non-hydrogen) atoms. The molecule has 2 heterocycles. The second kappa shape index (κ2) is 3.80. The van der Waals surface area contributed by atoms with Crippen LogP contribution in [0.5, 0.6) is 0 Å². The normalized spacial score (nSPS) is 10.5. The van der Waals surface area contributed by atoms with Gasteiger partial charge in [0, 0.05) is 0 Å². The lowest BCUT2D eigenvalue weighted by Crippen LogP contribution is -2.05. The summed E-state index contributed by atoms with van der Waals surface area (Å²) in [6.07, 6.45) is 3.36. The second-order valence-electron chi connectivity index (χ2n) is 2.42. The molecule has 0 atom stereocenters. The maximum absolute atomic E-state index is 5.68. The highest BCUT2D eigenvalue weighted by molar-refractivity contribution is 6.99. The molecule has 7 heteroatoms. The number of rotatable bonds is 3. The van der Waals surface area contributed by atoms with Crippen LogP contribution in [0.25, 0.3) is 0 Å². The van der Waals surface area contributed by atoms with Crippen molar-refractivity contribution < 1.29 is 0 Å². The summed E-state index contributed by atoms with van der Waals surface area (Å²) in [6.45, 7) is 0.582. The Balaban J connectivity index is 2.18. The van der Waals surface area contributed by atoms with E-state index in [4.69, 9.17) is 11.6 Å². The van der Waals surface area contributed by atoms with E-state index in [2.05, 4.69) is 19.1 Å². The van der Waals surface area contributed by atoms with Crippen molar-refractivity contribution in [2.75, 3.05) is 0 Å². The Morgan fingerprint density at radius 3 is 3.08 bits per heavy atom. The fraction of sp³-hybridized carbons (Fsp3) is 0.333. The van der Waals surface area contributed by atoms with Crippen molar-refractivity contribution in [1.82, 2.24) is 23.7 Å². The molecule has 2 aromatic heterocycles. The minimum Gasteiger partial charge on any atom is -0.242 e. The third-order valence-electron chi connectivity index (χ3n) is 1.55. The van der Waals surface area contributed by atoms with Gasteiger partial charge in [-0.3, -0.25) is 0 Å². The van der Waals surface area contributed by atoms with Gasteiger partial charge in [-0.05, 0) is 0 Å². The van der Waals surface area contributed by atoms with Crippen molar-refractivity contribution in [3.8, 4) is 0 Å². The smallest absolute Gasteiger partial charge is 0.0958 e. The summed E-state index contributed by atoms with van der Waals surface area (Å²) in [7, 11) is 0. The third-order valence-corrected chi connectivity index (χ3v) is 2.34. The molecule has 2 aromatic rings. The molecule has 0 unspecified atom stereocenters. The van der Waals surface area contributed by atoms with Crippen LogP contribution in [0.2, 0.25) is 0 Å². The monoisotopic (exact) mass is 215 g/mol. The maximum atomic E-state index is 5.68. The summed E-state index contributed by atoms with van der Waals surface area (Å²) >= 11 is 6.86. The highest BCUT2D eigenvalue weighted by Gasteiger charge is 2.04. The lowest BCUT2D eigenvalue weighted by Gasteiger charge is -1.99. The molecule has 0 aliphatic rings. The lowest BCUT2D eigenvalue weighted by atomic mass is 10.4. The van der Waals surface area contributed by atoms with Crippen LogP contribution < -0.4 is 0 Å². The van der Waals surface area contributed by atoms with E-state index in [1.54, 1.807) is 17.1 Å². The van der Waals surface area contributed by atoms with E-state index in [1.807, 2.05) is 0 Å². The molecule has 68 valence electrons. The van der Waals surface area contributed by atoms with Gasteiger partial charge in [0.2, 0.25) is 0 Å². The highest BCUT2D eigenvalue weighted by atomic mass is 35.5. The first-order valence-electron chi connectivity index (χ1n) is 3.60. The van der Waals surface area contributed by atoms with E-state index in [1.165, 1.54) is 11.7 Å². The van der Waals surface area contributed by atoms with Crippen molar-refractivity contribution in [1.29, 1.82) is 0 Å². The molecule has 5 nitrogen and oxygen atoms in total. The molecule has 0 saturated heterocycles. The first-order valence-corrected chi connectivity index (χ1v) is 4.86. The van der Waals surface area contributed by atoms with Gasteiger partial charge in [0.05, 0.1) is 47.9 Å². The molecule has 2 rings (SSSR count). The molecule has 0 N–H and O–H groups in total. The van der Waals surface area contributed by atoms with Gasteiger partial charge in [0.15, 0.2) is 0 Å². The number of halogens is 1. The first kappa shape index (κ1) is 8.58. The third kappa shape index (κ3) is 1.84. The molecule has 0 saturated carbocycles. The predicted octanol–water partition coefficient (Wildman–Crippen LogP) is 0.917. The van der Waals surface area contributed by atoms with Gasteiger partial charge in [-0.1, -0.05) is 5.21 Å². The molecule has 0 aliphatic heterocycles. The Bertz CT molecular complexity index is 370. The van der Waals surface area contributed by atoms with Crippen molar-refractivity contribution in [3.05, 3.63) is 23.8 Å². The van der Waals surface area contributed by atoms with Crippen molar-refractivity contribution in [2.24, 2.45) is 0 Å². The van der Waals surface area contributed by atoms with E-state index in [9.17, 15) is 0 Å². The number of hydrogen-bond donors (Lipinski definition) is 0. The SMILES string of the molecule is ClCc1cnnn1Cc1cnsn1. The maximum Gasteiger partial charge on any atom is 0.0958 e. The topological polar surface area (TPSA) is 56.5 Å². The summed E-state index contributed by atoms with van der Waals surface area (Å²) in [5, 5.41) is 7.64. The van der Waals surface area contributed by atoms with Crippen LogP contribution in [0.3, 0.4) is 0 Å². The van der Waals surface area contributed by atoms with Gasteiger partial charge >= 0.3 is 0 Å². The molecular weight excluding hydrogens is 210 g/mol. The van der Waals surface area contributed by atoms with Gasteiger partial charge in [-0.2, -0.15) is 8.75 Å². The van der Waals surface area contributed by atoms with Crippen LogP contribution in [0, 0.1) is 0 Å². The van der Waals surface area contributed by atoms with Gasteiger partial charge in [0.1, 0.15) is 0 Å². The fourth-order valence-electron chi connectivity index (χ4n) is 0.923. The van der Waals surface area contributed by atoms with Crippen LogP contribution in [-0.2, 0) is 12.4 Å². The van der Waals surface area contributed by atoms with Gasteiger partial charge < -0.3 is 0 Å². The second-order valence-corrected chi connectivity index (χ2v) is 3.24. The van der Waals surface area contributed by atoms with Crippen LogP contribution in [0.15, 0.2) is 12.4 Å². The summed E-state index contributed by atoms with van der Waals surface area (Å²) in [6, 6.07) is 0. The van der Waals surface area contributed by atoms with Gasteiger partial charge in [0.25, 0.3) is 0 Å². The number of nitrogens with zero attached hydrogens (tertiary/aromatic N) is 5. The van der Waals surface area contributed by atoms with E-state index in [0.29, 0.717) is 12.4 Å². The standard InChI is InChI=1S/C6H6ClN5S/c7-1-6-3-8-11-12(6)4-5-2-9-13-10-5/h2-3H,1,4H2. The number of hydrogen-bond acceptors (Lipinski definition) is 5. The average Bonchev–Trinajstić information content (AvgIpc) is 2.76. The molecule has 0 radical (unpaired) electrons.